The van der Waals surface area contributed by atoms with Crippen molar-refractivity contribution in [2.24, 2.45) is 0 Å². The molecule has 1 aromatic carbocycles. The molecule has 2 heterocycles. The maximum Gasteiger partial charge on any atom is 0.242 e. The van der Waals surface area contributed by atoms with Crippen molar-refractivity contribution in [1.82, 2.24) is 4.90 Å². The molecule has 5 heteroatoms. The number of carbonyl (C=O) groups is 1. The number of rotatable bonds is 1. The summed E-state index contributed by atoms with van der Waals surface area (Å²) >= 11 is 0. The number of anilines is 2. The minimum atomic E-state index is -0.0853. The van der Waals surface area contributed by atoms with E-state index in [1.165, 1.54) is 0 Å². The lowest BCUT2D eigenvalue weighted by molar-refractivity contribution is -0.121. The Balaban J connectivity index is 1.80. The second-order valence-corrected chi connectivity index (χ2v) is 5.13. The number of hydrogen-bond acceptors (Lipinski definition) is 4. The van der Waals surface area contributed by atoms with Crippen molar-refractivity contribution in [3.63, 3.8) is 0 Å². The maximum atomic E-state index is 12.2. The predicted octanol–water partition coefficient (Wildman–Crippen LogP) is 0.854. The van der Waals surface area contributed by atoms with E-state index in [-0.39, 0.29) is 11.9 Å². The lowest BCUT2D eigenvalue weighted by Gasteiger charge is -2.33. The lowest BCUT2D eigenvalue weighted by Crippen LogP contribution is -2.48. The summed E-state index contributed by atoms with van der Waals surface area (Å²) in [5, 5.41) is 2.97. The van der Waals surface area contributed by atoms with Gasteiger partial charge < -0.3 is 15.8 Å². The Bertz CT molecular complexity index is 482. The molecular formula is C14H19N3O2. The van der Waals surface area contributed by atoms with Gasteiger partial charge in [-0.25, -0.2) is 0 Å². The number of nitrogens with zero attached hydrogens (tertiary/aromatic N) is 1. The van der Waals surface area contributed by atoms with E-state index < -0.39 is 0 Å². The van der Waals surface area contributed by atoms with Crippen LogP contribution in [0.4, 0.5) is 11.4 Å². The molecule has 1 saturated heterocycles. The molecule has 2 aliphatic heterocycles. The van der Waals surface area contributed by atoms with Crippen molar-refractivity contribution in [2.45, 2.75) is 18.9 Å². The summed E-state index contributed by atoms with van der Waals surface area (Å²) in [6, 6.07) is 5.64. The van der Waals surface area contributed by atoms with Crippen molar-refractivity contribution in [3.8, 4) is 0 Å². The van der Waals surface area contributed by atoms with Crippen LogP contribution < -0.4 is 11.1 Å². The summed E-state index contributed by atoms with van der Waals surface area (Å²) in [4.78, 5) is 14.5. The first-order valence-electron chi connectivity index (χ1n) is 6.75. The van der Waals surface area contributed by atoms with Gasteiger partial charge in [0.1, 0.15) is 0 Å². The fraction of sp³-hybridized carbons (Fsp3) is 0.500. The van der Waals surface area contributed by atoms with Crippen LogP contribution in [0.1, 0.15) is 12.0 Å². The van der Waals surface area contributed by atoms with Crippen LogP contribution in [0, 0.1) is 0 Å². The predicted molar refractivity (Wildman–Crippen MR) is 74.0 cm³/mol. The molecule has 1 fully saturated rings. The van der Waals surface area contributed by atoms with Crippen LogP contribution in [-0.2, 0) is 16.0 Å². The SMILES string of the molecule is Nc1ccc2c(c1)NC(=O)[C@@H](N1CCCOCC1)C2. The lowest BCUT2D eigenvalue weighted by atomic mass is 9.97. The van der Waals surface area contributed by atoms with E-state index in [0.29, 0.717) is 12.3 Å². The quantitative estimate of drug-likeness (QED) is 0.736. The van der Waals surface area contributed by atoms with Gasteiger partial charge >= 0.3 is 0 Å². The standard InChI is InChI=1S/C14H19N3O2/c15-11-3-2-10-8-13(14(18)16-12(10)9-11)17-4-1-6-19-7-5-17/h2-3,9,13H,1,4-8,15H2,(H,16,18)/t13-/m0/s1. The van der Waals surface area contributed by atoms with Gasteiger partial charge in [-0.05, 0) is 30.5 Å². The summed E-state index contributed by atoms with van der Waals surface area (Å²) in [7, 11) is 0. The molecule has 0 bridgehead atoms. The molecule has 0 spiro atoms. The average molecular weight is 261 g/mol. The minimum absolute atomic E-state index is 0.0694. The molecule has 3 rings (SSSR count). The number of ether oxygens (including phenoxy) is 1. The van der Waals surface area contributed by atoms with Crippen molar-refractivity contribution in [2.75, 3.05) is 37.4 Å². The zero-order chi connectivity index (χ0) is 13.2. The van der Waals surface area contributed by atoms with Crippen molar-refractivity contribution in [1.29, 1.82) is 0 Å². The molecular weight excluding hydrogens is 242 g/mol. The molecule has 1 amide bonds. The zero-order valence-corrected chi connectivity index (χ0v) is 10.9. The number of amides is 1. The normalized spacial score (nSPS) is 24.4. The fourth-order valence-electron chi connectivity index (χ4n) is 2.78. The molecule has 1 aromatic rings. The Morgan fingerprint density at radius 1 is 1.32 bits per heavy atom. The largest absolute Gasteiger partial charge is 0.399 e. The monoisotopic (exact) mass is 261 g/mol. The van der Waals surface area contributed by atoms with Crippen molar-refractivity contribution < 1.29 is 9.53 Å². The van der Waals surface area contributed by atoms with Gasteiger partial charge in [-0.3, -0.25) is 9.69 Å². The molecule has 2 aliphatic rings. The van der Waals surface area contributed by atoms with Gasteiger partial charge in [0.15, 0.2) is 0 Å². The molecule has 0 aromatic heterocycles. The highest BCUT2D eigenvalue weighted by Gasteiger charge is 2.31. The topological polar surface area (TPSA) is 67.6 Å². The molecule has 19 heavy (non-hydrogen) atoms. The minimum Gasteiger partial charge on any atom is -0.399 e. The first-order chi connectivity index (χ1) is 9.24. The highest BCUT2D eigenvalue weighted by Crippen LogP contribution is 2.27. The van der Waals surface area contributed by atoms with Gasteiger partial charge in [-0.2, -0.15) is 0 Å². The van der Waals surface area contributed by atoms with Gasteiger partial charge in [0.25, 0.3) is 0 Å². The molecule has 0 unspecified atom stereocenters. The summed E-state index contributed by atoms with van der Waals surface area (Å²) in [5.74, 6) is 0.0694. The molecule has 0 aliphatic carbocycles. The number of fused-ring (bicyclic) bond motifs is 1. The van der Waals surface area contributed by atoms with E-state index in [4.69, 9.17) is 10.5 Å². The zero-order valence-electron chi connectivity index (χ0n) is 10.9. The Labute approximate surface area is 112 Å². The van der Waals surface area contributed by atoms with Gasteiger partial charge in [-0.15, -0.1) is 0 Å². The highest BCUT2D eigenvalue weighted by molar-refractivity contribution is 5.98. The van der Waals surface area contributed by atoms with Crippen LogP contribution in [0.3, 0.4) is 0 Å². The van der Waals surface area contributed by atoms with Crippen molar-refractivity contribution >= 4 is 17.3 Å². The average Bonchev–Trinajstić information content (AvgIpc) is 2.66. The maximum absolute atomic E-state index is 12.2. The number of hydrogen-bond donors (Lipinski definition) is 2. The van der Waals surface area contributed by atoms with Gasteiger partial charge in [0.2, 0.25) is 5.91 Å². The van der Waals surface area contributed by atoms with Crippen LogP contribution in [0.5, 0.6) is 0 Å². The third-order valence-corrected chi connectivity index (χ3v) is 3.81. The first-order valence-corrected chi connectivity index (χ1v) is 6.75. The van der Waals surface area contributed by atoms with E-state index in [9.17, 15) is 4.79 Å². The van der Waals surface area contributed by atoms with Gasteiger partial charge in [0.05, 0.1) is 12.6 Å². The Kier molecular flexibility index (Phi) is 3.40. The molecule has 3 N–H and O–H groups in total. The third kappa shape index (κ3) is 2.57. The first kappa shape index (κ1) is 12.4. The van der Waals surface area contributed by atoms with E-state index in [0.717, 1.165) is 43.8 Å². The van der Waals surface area contributed by atoms with Gasteiger partial charge in [-0.1, -0.05) is 6.07 Å². The number of nitrogens with two attached hydrogens (primary N) is 1. The summed E-state index contributed by atoms with van der Waals surface area (Å²) < 4.78 is 5.45. The van der Waals surface area contributed by atoms with Crippen LogP contribution in [0.25, 0.3) is 0 Å². The van der Waals surface area contributed by atoms with Crippen LogP contribution in [0.15, 0.2) is 18.2 Å². The fourth-order valence-corrected chi connectivity index (χ4v) is 2.78. The summed E-state index contributed by atoms with van der Waals surface area (Å²) in [6.07, 6.45) is 1.74. The molecule has 1 atom stereocenters. The van der Waals surface area contributed by atoms with E-state index in [1.807, 2.05) is 18.2 Å². The van der Waals surface area contributed by atoms with Crippen molar-refractivity contribution in [3.05, 3.63) is 23.8 Å². The third-order valence-electron chi connectivity index (χ3n) is 3.81. The Morgan fingerprint density at radius 3 is 3.11 bits per heavy atom. The van der Waals surface area contributed by atoms with E-state index in [2.05, 4.69) is 10.2 Å². The smallest absolute Gasteiger partial charge is 0.242 e. The molecule has 5 nitrogen and oxygen atoms in total. The number of nitrogens with one attached hydrogen (secondary N) is 1. The molecule has 0 saturated carbocycles. The number of carbonyl (C=O) groups excluding carboxylic acids is 1. The second-order valence-electron chi connectivity index (χ2n) is 5.13. The second kappa shape index (κ2) is 5.19. The summed E-state index contributed by atoms with van der Waals surface area (Å²) in [5.41, 5.74) is 8.44. The van der Waals surface area contributed by atoms with E-state index >= 15 is 0 Å². The Hall–Kier alpha value is -1.59. The molecule has 0 radical (unpaired) electrons. The van der Waals surface area contributed by atoms with Crippen LogP contribution in [0.2, 0.25) is 0 Å². The van der Waals surface area contributed by atoms with Crippen LogP contribution >= 0.6 is 0 Å². The molecule has 102 valence electrons. The number of nitrogen functional groups attached to an aromatic ring is 1. The highest BCUT2D eigenvalue weighted by atomic mass is 16.5. The van der Waals surface area contributed by atoms with E-state index in [1.54, 1.807) is 0 Å². The summed E-state index contributed by atoms with van der Waals surface area (Å²) in [6.45, 7) is 3.24. The Morgan fingerprint density at radius 2 is 2.21 bits per heavy atom. The van der Waals surface area contributed by atoms with Crippen LogP contribution in [-0.4, -0.2) is 43.2 Å². The number of benzene rings is 1. The van der Waals surface area contributed by atoms with Gasteiger partial charge in [0, 0.05) is 31.1 Å².